The van der Waals surface area contributed by atoms with E-state index in [1.807, 2.05) is 68.4 Å². The molecule has 2 aliphatic heterocycles. The van der Waals surface area contributed by atoms with Crippen LogP contribution < -0.4 is 10.6 Å². The molecule has 0 radical (unpaired) electrons. The Morgan fingerprint density at radius 1 is 1.04 bits per heavy atom. The molecule has 0 fully saturated rings. The Kier molecular flexibility index (Phi) is 3.64. The number of thioether (sulfide) groups is 1. The second-order valence-corrected chi connectivity index (χ2v) is 8.54. The first-order chi connectivity index (χ1) is 13.5. The summed E-state index contributed by atoms with van der Waals surface area (Å²) in [4.78, 5) is 26.2. The van der Waals surface area contributed by atoms with Crippen molar-refractivity contribution >= 4 is 35.1 Å². The van der Waals surface area contributed by atoms with Crippen LogP contribution in [0.15, 0.2) is 54.6 Å². The van der Waals surface area contributed by atoms with E-state index in [0.717, 1.165) is 22.5 Å². The summed E-state index contributed by atoms with van der Waals surface area (Å²) in [7, 11) is 0. The predicted octanol–water partition coefficient (Wildman–Crippen LogP) is 3.45. The largest absolute Gasteiger partial charge is 0.324 e. The lowest BCUT2D eigenvalue weighted by molar-refractivity contribution is -0.117. The van der Waals surface area contributed by atoms with E-state index in [4.69, 9.17) is 5.10 Å². The molecule has 2 amide bonds. The van der Waals surface area contributed by atoms with Gasteiger partial charge in [-0.25, -0.2) is 4.68 Å². The Hall–Kier alpha value is -3.06. The Labute approximate surface area is 166 Å². The number of aryl methyl sites for hydroxylation is 1. The molecule has 140 valence electrons. The average molecular weight is 390 g/mol. The normalized spacial score (nSPS) is 23.0. The van der Waals surface area contributed by atoms with Crippen molar-refractivity contribution in [1.29, 1.82) is 0 Å². The number of fused-ring (bicyclic) bond motifs is 4. The number of amides is 2. The third-order valence-electron chi connectivity index (χ3n) is 5.25. The van der Waals surface area contributed by atoms with Gasteiger partial charge in [0.15, 0.2) is 4.75 Å². The quantitative estimate of drug-likeness (QED) is 0.667. The number of benzene rings is 2. The smallest absolute Gasteiger partial charge is 0.250 e. The molecule has 1 spiro atoms. The minimum absolute atomic E-state index is 0.140. The highest BCUT2D eigenvalue weighted by molar-refractivity contribution is 8.02. The first-order valence-corrected chi connectivity index (χ1v) is 9.95. The van der Waals surface area contributed by atoms with Gasteiger partial charge in [-0.05, 0) is 32.0 Å². The molecule has 0 saturated heterocycles. The lowest BCUT2D eigenvalue weighted by Gasteiger charge is -2.27. The molecule has 7 heteroatoms. The second kappa shape index (κ2) is 5.97. The third-order valence-corrected chi connectivity index (χ3v) is 6.78. The fourth-order valence-electron chi connectivity index (χ4n) is 4.01. The van der Waals surface area contributed by atoms with Crippen molar-refractivity contribution in [3.8, 4) is 5.69 Å². The second-order valence-electron chi connectivity index (χ2n) is 6.99. The zero-order valence-electron chi connectivity index (χ0n) is 15.4. The van der Waals surface area contributed by atoms with Crippen LogP contribution in [0.2, 0.25) is 0 Å². The number of hydrogen-bond acceptors (Lipinski definition) is 4. The standard InChI is InChI=1S/C21H18N4O2S/c1-12-17-18(25(24-12)14-8-4-3-5-9-14)23-19(26)13(2)28-21(17)15-10-6-7-11-16(15)22-20(21)27/h3-11,13H,1-2H3,(H,22,27)(H,23,26). The number of hydrogen-bond donors (Lipinski definition) is 2. The highest BCUT2D eigenvalue weighted by Crippen LogP contribution is 2.56. The summed E-state index contributed by atoms with van der Waals surface area (Å²) in [6.07, 6.45) is 0. The summed E-state index contributed by atoms with van der Waals surface area (Å²) in [5.41, 5.74) is 3.92. The van der Waals surface area contributed by atoms with Crippen LogP contribution in [-0.4, -0.2) is 26.8 Å². The van der Waals surface area contributed by atoms with Crippen molar-refractivity contribution in [3.05, 3.63) is 71.4 Å². The zero-order valence-corrected chi connectivity index (χ0v) is 16.2. The number of anilines is 2. The van der Waals surface area contributed by atoms with E-state index in [1.165, 1.54) is 11.8 Å². The first-order valence-electron chi connectivity index (χ1n) is 9.07. The maximum atomic E-state index is 13.4. The van der Waals surface area contributed by atoms with E-state index in [9.17, 15) is 9.59 Å². The van der Waals surface area contributed by atoms with Gasteiger partial charge in [-0.1, -0.05) is 36.4 Å². The van der Waals surface area contributed by atoms with Crippen LogP contribution in [0.3, 0.4) is 0 Å². The molecular formula is C21H18N4O2S. The van der Waals surface area contributed by atoms with Gasteiger partial charge in [-0.3, -0.25) is 9.59 Å². The van der Waals surface area contributed by atoms with E-state index >= 15 is 0 Å². The van der Waals surface area contributed by atoms with Crippen LogP contribution >= 0.6 is 11.8 Å². The number of para-hydroxylation sites is 2. The van der Waals surface area contributed by atoms with Gasteiger partial charge in [0.2, 0.25) is 11.8 Å². The molecule has 5 rings (SSSR count). The van der Waals surface area contributed by atoms with Crippen LogP contribution in [0.4, 0.5) is 11.5 Å². The van der Waals surface area contributed by atoms with Gasteiger partial charge in [0.25, 0.3) is 0 Å². The molecule has 2 N–H and O–H groups in total. The van der Waals surface area contributed by atoms with Crippen LogP contribution in [0.25, 0.3) is 5.69 Å². The third kappa shape index (κ3) is 2.19. The minimum atomic E-state index is -1.03. The van der Waals surface area contributed by atoms with Gasteiger partial charge in [0.1, 0.15) is 5.82 Å². The van der Waals surface area contributed by atoms with Crippen molar-refractivity contribution in [3.63, 3.8) is 0 Å². The van der Waals surface area contributed by atoms with E-state index in [1.54, 1.807) is 4.68 Å². The van der Waals surface area contributed by atoms with Gasteiger partial charge < -0.3 is 10.6 Å². The molecule has 28 heavy (non-hydrogen) atoms. The zero-order chi connectivity index (χ0) is 19.5. The first kappa shape index (κ1) is 17.1. The van der Waals surface area contributed by atoms with Crippen molar-refractivity contribution in [1.82, 2.24) is 9.78 Å². The number of nitrogens with one attached hydrogen (secondary N) is 2. The Morgan fingerprint density at radius 2 is 1.75 bits per heavy atom. The van der Waals surface area contributed by atoms with Crippen LogP contribution in [-0.2, 0) is 14.3 Å². The highest BCUT2D eigenvalue weighted by Gasteiger charge is 2.55. The fourth-order valence-corrected chi connectivity index (χ4v) is 5.53. The van der Waals surface area contributed by atoms with Crippen molar-refractivity contribution < 1.29 is 9.59 Å². The number of aromatic nitrogens is 2. The van der Waals surface area contributed by atoms with Crippen molar-refractivity contribution in [2.45, 2.75) is 23.8 Å². The number of rotatable bonds is 1. The molecule has 0 aliphatic carbocycles. The van der Waals surface area contributed by atoms with Crippen LogP contribution in [0.5, 0.6) is 0 Å². The summed E-state index contributed by atoms with van der Waals surface area (Å²) in [5.74, 6) is 0.272. The van der Waals surface area contributed by atoms with E-state index in [0.29, 0.717) is 11.5 Å². The lowest BCUT2D eigenvalue weighted by Crippen LogP contribution is -2.34. The summed E-state index contributed by atoms with van der Waals surface area (Å²) in [6, 6.07) is 17.3. The maximum absolute atomic E-state index is 13.4. The molecule has 1 aromatic heterocycles. The van der Waals surface area contributed by atoms with E-state index < -0.39 is 10.00 Å². The van der Waals surface area contributed by atoms with Crippen molar-refractivity contribution in [2.24, 2.45) is 0 Å². The van der Waals surface area contributed by atoms with Crippen molar-refractivity contribution in [2.75, 3.05) is 10.6 Å². The van der Waals surface area contributed by atoms with Gasteiger partial charge in [-0.15, -0.1) is 11.8 Å². The van der Waals surface area contributed by atoms with Gasteiger partial charge in [0.05, 0.1) is 16.6 Å². The van der Waals surface area contributed by atoms with Gasteiger partial charge in [-0.2, -0.15) is 5.10 Å². The van der Waals surface area contributed by atoms with Gasteiger partial charge in [0, 0.05) is 16.8 Å². The number of nitrogens with zero attached hydrogens (tertiary/aromatic N) is 2. The molecular weight excluding hydrogens is 372 g/mol. The summed E-state index contributed by atoms with van der Waals surface area (Å²) < 4.78 is 0.693. The molecule has 2 unspecified atom stereocenters. The monoisotopic (exact) mass is 390 g/mol. The van der Waals surface area contributed by atoms with Crippen LogP contribution in [0, 0.1) is 6.92 Å². The molecule has 2 aliphatic rings. The minimum Gasteiger partial charge on any atom is -0.324 e. The maximum Gasteiger partial charge on any atom is 0.250 e. The topological polar surface area (TPSA) is 76.0 Å². The molecule has 3 heterocycles. The van der Waals surface area contributed by atoms with Gasteiger partial charge >= 0.3 is 0 Å². The predicted molar refractivity (Wildman–Crippen MR) is 110 cm³/mol. The number of carbonyl (C=O) groups excluding carboxylic acids is 2. The molecule has 2 atom stereocenters. The lowest BCUT2D eigenvalue weighted by atomic mass is 9.91. The number of carbonyl (C=O) groups is 2. The van der Waals surface area contributed by atoms with E-state index in [2.05, 4.69) is 10.6 Å². The Bertz CT molecular complexity index is 1120. The molecule has 0 saturated carbocycles. The highest BCUT2D eigenvalue weighted by atomic mass is 32.2. The molecule has 0 bridgehead atoms. The Morgan fingerprint density at radius 3 is 2.54 bits per heavy atom. The Balaban J connectivity index is 1.85. The fraction of sp³-hybridized carbons (Fsp3) is 0.190. The summed E-state index contributed by atoms with van der Waals surface area (Å²) >= 11 is 1.36. The van der Waals surface area contributed by atoms with E-state index in [-0.39, 0.29) is 11.8 Å². The summed E-state index contributed by atoms with van der Waals surface area (Å²) in [5, 5.41) is 10.3. The molecule has 6 nitrogen and oxygen atoms in total. The average Bonchev–Trinajstić information content (AvgIpc) is 3.12. The van der Waals surface area contributed by atoms with Crippen LogP contribution in [0.1, 0.15) is 23.7 Å². The molecule has 2 aromatic carbocycles. The SMILES string of the molecule is Cc1nn(-c2ccccc2)c2c1C1(SC(C)C(=O)N2)C(=O)Nc2ccccc21. The molecule has 3 aromatic rings. The summed E-state index contributed by atoms with van der Waals surface area (Å²) in [6.45, 7) is 3.72.